The average molecular weight is 462 g/mol. The maximum atomic E-state index is 14.4. The molecule has 4 atom stereocenters. The molecule has 2 nitrogen and oxygen atoms in total. The topological polar surface area (TPSA) is 21.6 Å². The van der Waals surface area contributed by atoms with Crippen LogP contribution < -0.4 is 0 Å². The van der Waals surface area contributed by atoms with E-state index in [2.05, 4.69) is 37.9 Å². The number of rotatable bonds is 5. The Labute approximate surface area is 205 Å². The highest BCUT2D eigenvalue weighted by Crippen LogP contribution is 2.48. The van der Waals surface area contributed by atoms with Gasteiger partial charge in [-0.3, -0.25) is 4.99 Å². The van der Waals surface area contributed by atoms with Crippen LogP contribution in [0.2, 0.25) is 0 Å². The zero-order chi connectivity index (χ0) is 23.7. The largest absolute Gasteiger partial charge is 0.378 e. The molecule has 3 aliphatic carbocycles. The summed E-state index contributed by atoms with van der Waals surface area (Å²) in [6.07, 6.45) is 20.9. The van der Waals surface area contributed by atoms with E-state index in [9.17, 15) is 4.39 Å². The van der Waals surface area contributed by atoms with Gasteiger partial charge in [0.25, 0.3) is 0 Å². The van der Waals surface area contributed by atoms with Gasteiger partial charge in [0.1, 0.15) is 5.83 Å². The van der Waals surface area contributed by atoms with Gasteiger partial charge in [-0.25, -0.2) is 4.39 Å². The number of fused-ring (bicyclic) bond motifs is 1. The van der Waals surface area contributed by atoms with Gasteiger partial charge in [0.2, 0.25) is 0 Å². The fraction of sp³-hybridized carbons (Fsp3) is 0.581. The normalized spacial score (nSPS) is 32.1. The number of aliphatic imine (C=N–C) groups is 1. The molecule has 182 valence electrons. The van der Waals surface area contributed by atoms with Gasteiger partial charge in [0, 0.05) is 25.2 Å². The third kappa shape index (κ3) is 5.00. The Morgan fingerprint density at radius 1 is 1.06 bits per heavy atom. The summed E-state index contributed by atoms with van der Waals surface area (Å²) in [5.41, 5.74) is 10.3. The molecule has 0 radical (unpaired) electrons. The predicted molar refractivity (Wildman–Crippen MR) is 140 cm³/mol. The summed E-state index contributed by atoms with van der Waals surface area (Å²) in [7, 11) is 0. The number of ether oxygens (including phenoxy) is 1. The first-order valence-electron chi connectivity index (χ1n) is 13.4. The Kier molecular flexibility index (Phi) is 7.20. The molecule has 0 aromatic carbocycles. The van der Waals surface area contributed by atoms with Gasteiger partial charge in [-0.05, 0) is 118 Å². The molecule has 0 N–H and O–H groups in total. The molecule has 0 amide bonds. The number of hydrogen-bond acceptors (Lipinski definition) is 2. The van der Waals surface area contributed by atoms with Crippen molar-refractivity contribution in [1.29, 1.82) is 0 Å². The molecule has 5 rings (SSSR count). The van der Waals surface area contributed by atoms with Crippen molar-refractivity contribution >= 4 is 6.21 Å². The smallest absolute Gasteiger partial charge is 0.119 e. The van der Waals surface area contributed by atoms with Crippen molar-refractivity contribution in [3.8, 4) is 0 Å². The van der Waals surface area contributed by atoms with Crippen LogP contribution in [0.15, 0.2) is 74.1 Å². The van der Waals surface area contributed by atoms with Crippen LogP contribution in [0, 0.1) is 17.8 Å². The van der Waals surface area contributed by atoms with E-state index in [-0.39, 0.29) is 11.7 Å². The number of allylic oxidation sites excluding steroid dienone is 10. The van der Waals surface area contributed by atoms with E-state index < -0.39 is 0 Å². The van der Waals surface area contributed by atoms with Crippen LogP contribution >= 0.6 is 0 Å². The van der Waals surface area contributed by atoms with E-state index in [0.29, 0.717) is 17.9 Å². The Balaban J connectivity index is 1.47. The van der Waals surface area contributed by atoms with Crippen LogP contribution in [0.5, 0.6) is 0 Å². The molecule has 3 heteroatoms. The lowest BCUT2D eigenvalue weighted by Gasteiger charge is -2.36. The summed E-state index contributed by atoms with van der Waals surface area (Å²) in [6, 6.07) is 0. The second-order valence-electron chi connectivity index (χ2n) is 11.0. The average Bonchev–Trinajstić information content (AvgIpc) is 3.32. The fourth-order valence-electron chi connectivity index (χ4n) is 6.89. The molecule has 4 unspecified atom stereocenters. The molecule has 0 aromatic rings. The maximum Gasteiger partial charge on any atom is 0.119 e. The molecule has 0 bridgehead atoms. The summed E-state index contributed by atoms with van der Waals surface area (Å²) >= 11 is 0. The van der Waals surface area contributed by atoms with Crippen LogP contribution in [-0.2, 0) is 4.74 Å². The number of dihydropyridines is 1. The van der Waals surface area contributed by atoms with Crippen molar-refractivity contribution in [2.75, 3.05) is 13.2 Å². The van der Waals surface area contributed by atoms with E-state index in [1.807, 2.05) is 12.3 Å². The van der Waals surface area contributed by atoms with Gasteiger partial charge in [-0.1, -0.05) is 28.9 Å². The van der Waals surface area contributed by atoms with Crippen molar-refractivity contribution in [3.63, 3.8) is 0 Å². The second kappa shape index (κ2) is 10.3. The van der Waals surface area contributed by atoms with Crippen molar-refractivity contribution in [2.45, 2.75) is 84.7 Å². The molecule has 1 saturated heterocycles. The van der Waals surface area contributed by atoms with E-state index in [1.54, 1.807) is 17.2 Å². The minimum absolute atomic E-state index is 0.0556. The highest BCUT2D eigenvalue weighted by molar-refractivity contribution is 5.63. The van der Waals surface area contributed by atoms with Gasteiger partial charge in [0.05, 0.1) is 12.6 Å². The van der Waals surface area contributed by atoms with Crippen LogP contribution in [0.1, 0.15) is 78.6 Å². The van der Waals surface area contributed by atoms with Crippen LogP contribution in [0.4, 0.5) is 4.39 Å². The second-order valence-corrected chi connectivity index (χ2v) is 11.0. The quantitative estimate of drug-likeness (QED) is 0.379. The zero-order valence-corrected chi connectivity index (χ0v) is 21.2. The molecular weight excluding hydrogens is 421 g/mol. The molecule has 0 aromatic heterocycles. The summed E-state index contributed by atoms with van der Waals surface area (Å²) in [5, 5.41) is 0. The predicted octanol–water partition coefficient (Wildman–Crippen LogP) is 8.16. The third-order valence-corrected chi connectivity index (χ3v) is 8.82. The Bertz CT molecular complexity index is 1030. The van der Waals surface area contributed by atoms with Crippen LogP contribution in [-0.4, -0.2) is 25.5 Å². The van der Waals surface area contributed by atoms with Crippen molar-refractivity contribution in [3.05, 3.63) is 69.1 Å². The van der Waals surface area contributed by atoms with E-state index in [4.69, 9.17) is 4.74 Å². The lowest BCUT2D eigenvalue weighted by Crippen LogP contribution is -2.24. The van der Waals surface area contributed by atoms with Crippen LogP contribution in [0.25, 0.3) is 0 Å². The Morgan fingerprint density at radius 3 is 2.65 bits per heavy atom. The molecular formula is C31H40FNO. The molecule has 2 aliphatic heterocycles. The number of nitrogens with zero attached hydrogens (tertiary/aromatic N) is 1. The van der Waals surface area contributed by atoms with Crippen LogP contribution in [0.3, 0.4) is 0 Å². The summed E-state index contributed by atoms with van der Waals surface area (Å²) in [5.74, 6) is 1.10. The zero-order valence-electron chi connectivity index (χ0n) is 21.2. The van der Waals surface area contributed by atoms with Gasteiger partial charge < -0.3 is 4.74 Å². The lowest BCUT2D eigenvalue weighted by atomic mass is 9.69. The van der Waals surface area contributed by atoms with E-state index >= 15 is 0 Å². The third-order valence-electron chi connectivity index (χ3n) is 8.82. The van der Waals surface area contributed by atoms with Gasteiger partial charge in [0.15, 0.2) is 0 Å². The minimum Gasteiger partial charge on any atom is -0.378 e. The first-order chi connectivity index (χ1) is 16.5. The molecule has 0 saturated carbocycles. The summed E-state index contributed by atoms with van der Waals surface area (Å²) < 4.78 is 20.4. The standard InChI is InChI=1S/C31H40FNO/c1-20-14-25(17-27(32)15-20)26-16-23(8-9-28-7-5-13-34-28)30-11-10-29(24-6-4-12-33-19-24)21(2)22(3)31(30)18-26/h6,12,15-17,25-26,28,30H,4-5,7-11,13-14,18-19H2,1-3H3. The first-order valence-corrected chi connectivity index (χ1v) is 13.4. The van der Waals surface area contributed by atoms with Crippen molar-refractivity contribution < 1.29 is 9.13 Å². The van der Waals surface area contributed by atoms with Gasteiger partial charge >= 0.3 is 0 Å². The molecule has 34 heavy (non-hydrogen) atoms. The highest BCUT2D eigenvalue weighted by atomic mass is 19.1. The minimum atomic E-state index is -0.0556. The monoisotopic (exact) mass is 461 g/mol. The van der Waals surface area contributed by atoms with E-state index in [0.717, 1.165) is 57.2 Å². The number of halogens is 1. The Morgan fingerprint density at radius 2 is 1.91 bits per heavy atom. The lowest BCUT2D eigenvalue weighted by molar-refractivity contribution is 0.104. The summed E-state index contributed by atoms with van der Waals surface area (Å²) in [6.45, 7) is 8.48. The van der Waals surface area contributed by atoms with Gasteiger partial charge in [-0.2, -0.15) is 0 Å². The molecule has 2 heterocycles. The highest BCUT2D eigenvalue weighted by Gasteiger charge is 2.35. The fourth-order valence-corrected chi connectivity index (χ4v) is 6.89. The first kappa shape index (κ1) is 23.7. The molecule has 5 aliphatic rings. The molecule has 0 spiro atoms. The summed E-state index contributed by atoms with van der Waals surface area (Å²) in [4.78, 5) is 4.57. The van der Waals surface area contributed by atoms with Gasteiger partial charge in [-0.15, -0.1) is 0 Å². The Hall–Kier alpha value is -2.00. The maximum absolute atomic E-state index is 14.4. The number of hydrogen-bond donors (Lipinski definition) is 0. The van der Waals surface area contributed by atoms with Crippen molar-refractivity contribution in [1.82, 2.24) is 0 Å². The SMILES string of the molecule is CC1=CC(F)=CC(C2C=C(CCC3CCCO3)C3CCC(C4=CCC=NC4)=C(C)C(C)=C3C2)C1. The van der Waals surface area contributed by atoms with Crippen molar-refractivity contribution in [2.24, 2.45) is 22.7 Å². The molecule has 1 fully saturated rings. The van der Waals surface area contributed by atoms with E-state index in [1.165, 1.54) is 41.6 Å².